The summed E-state index contributed by atoms with van der Waals surface area (Å²) in [7, 11) is -2.63. The number of methoxy groups -OCH3 is 1. The number of carbonyl (C=O) groups excluding carboxylic acids is 1. The maximum atomic E-state index is 12.6. The molecular weight excluding hydrogens is 467 g/mol. The van der Waals surface area contributed by atoms with E-state index in [2.05, 4.69) is 14.4 Å². The second kappa shape index (κ2) is 9.45. The van der Waals surface area contributed by atoms with E-state index < -0.39 is 16.0 Å². The van der Waals surface area contributed by atoms with Gasteiger partial charge >= 0.3 is 5.97 Å². The van der Waals surface area contributed by atoms with Crippen LogP contribution in [-0.4, -0.2) is 33.0 Å². The third-order valence-corrected chi connectivity index (χ3v) is 7.36. The lowest BCUT2D eigenvalue weighted by Gasteiger charge is -2.09. The van der Waals surface area contributed by atoms with Gasteiger partial charge in [-0.2, -0.15) is 0 Å². The van der Waals surface area contributed by atoms with E-state index in [1.807, 2.05) is 25.1 Å². The fraction of sp³-hybridized carbons (Fsp3) is 0.200. The van der Waals surface area contributed by atoms with E-state index in [1.54, 1.807) is 6.07 Å². The zero-order valence-corrected chi connectivity index (χ0v) is 19.3. The van der Waals surface area contributed by atoms with Gasteiger partial charge in [-0.1, -0.05) is 35.3 Å². The first-order chi connectivity index (χ1) is 14.2. The molecule has 0 bridgehead atoms. The standard InChI is InChI=1S/C20H18Cl2N2O4S2/c1-12-18(24-19(29-12)13-4-3-5-14(21)10-13)8-9-23-30(26,27)15-6-7-17(22)16(11-15)20(25)28-2/h3-7,10-11,23H,8-9H2,1-2H3. The third-order valence-electron chi connectivity index (χ3n) is 4.27. The molecule has 3 rings (SSSR count). The minimum Gasteiger partial charge on any atom is -0.465 e. The molecule has 10 heteroatoms. The zero-order chi connectivity index (χ0) is 21.9. The van der Waals surface area contributed by atoms with Crippen molar-refractivity contribution >= 4 is 50.5 Å². The number of nitrogens with zero attached hydrogens (tertiary/aromatic N) is 1. The molecule has 0 atom stereocenters. The Morgan fingerprint density at radius 2 is 1.97 bits per heavy atom. The average Bonchev–Trinajstić information content (AvgIpc) is 3.08. The normalized spacial score (nSPS) is 11.5. The van der Waals surface area contributed by atoms with Crippen molar-refractivity contribution in [2.45, 2.75) is 18.2 Å². The molecule has 158 valence electrons. The molecule has 2 aromatic carbocycles. The summed E-state index contributed by atoms with van der Waals surface area (Å²) < 4.78 is 32.4. The molecule has 1 heterocycles. The highest BCUT2D eigenvalue weighted by atomic mass is 35.5. The summed E-state index contributed by atoms with van der Waals surface area (Å²) in [5, 5.41) is 1.57. The Labute approximate surface area is 188 Å². The van der Waals surface area contributed by atoms with Crippen molar-refractivity contribution in [1.29, 1.82) is 0 Å². The molecule has 3 aromatic rings. The van der Waals surface area contributed by atoms with Crippen LogP contribution in [0.5, 0.6) is 0 Å². The van der Waals surface area contributed by atoms with Crippen LogP contribution < -0.4 is 4.72 Å². The van der Waals surface area contributed by atoms with Crippen molar-refractivity contribution in [3.63, 3.8) is 0 Å². The van der Waals surface area contributed by atoms with Crippen LogP contribution in [0.25, 0.3) is 10.6 Å². The molecule has 0 spiro atoms. The summed E-state index contributed by atoms with van der Waals surface area (Å²) in [5.74, 6) is -0.705. The number of benzene rings is 2. The van der Waals surface area contributed by atoms with Gasteiger partial charge in [0.2, 0.25) is 10.0 Å². The van der Waals surface area contributed by atoms with E-state index in [0.717, 1.165) is 21.1 Å². The maximum Gasteiger partial charge on any atom is 0.339 e. The van der Waals surface area contributed by atoms with Crippen LogP contribution in [0, 0.1) is 6.92 Å². The van der Waals surface area contributed by atoms with Gasteiger partial charge in [-0.15, -0.1) is 11.3 Å². The van der Waals surface area contributed by atoms with Gasteiger partial charge in [0, 0.05) is 28.4 Å². The van der Waals surface area contributed by atoms with E-state index in [4.69, 9.17) is 23.2 Å². The number of aromatic nitrogens is 1. The average molecular weight is 485 g/mol. The first-order valence-electron chi connectivity index (χ1n) is 8.81. The lowest BCUT2D eigenvalue weighted by atomic mass is 10.2. The van der Waals surface area contributed by atoms with Gasteiger partial charge in [0.25, 0.3) is 0 Å². The fourth-order valence-electron chi connectivity index (χ4n) is 2.73. The molecule has 1 N–H and O–H groups in total. The predicted molar refractivity (Wildman–Crippen MR) is 119 cm³/mol. The van der Waals surface area contributed by atoms with Crippen LogP contribution >= 0.6 is 34.5 Å². The van der Waals surface area contributed by atoms with Gasteiger partial charge in [0.1, 0.15) is 5.01 Å². The van der Waals surface area contributed by atoms with Crippen molar-refractivity contribution in [1.82, 2.24) is 9.71 Å². The van der Waals surface area contributed by atoms with Crippen LogP contribution in [0.4, 0.5) is 0 Å². The summed E-state index contributed by atoms with van der Waals surface area (Å²) in [4.78, 5) is 17.3. The molecule has 0 aliphatic carbocycles. The van der Waals surface area contributed by atoms with Crippen LogP contribution in [0.1, 0.15) is 20.9 Å². The Kier molecular flexibility index (Phi) is 7.15. The van der Waals surface area contributed by atoms with Crippen LogP contribution in [0.3, 0.4) is 0 Å². The quantitative estimate of drug-likeness (QED) is 0.489. The highest BCUT2D eigenvalue weighted by Crippen LogP contribution is 2.29. The number of ether oxygens (including phenoxy) is 1. The molecule has 0 unspecified atom stereocenters. The summed E-state index contributed by atoms with van der Waals surface area (Å²) in [6, 6.07) is 11.3. The van der Waals surface area contributed by atoms with Crippen molar-refractivity contribution in [3.8, 4) is 10.6 Å². The fourth-order valence-corrected chi connectivity index (χ4v) is 5.13. The van der Waals surface area contributed by atoms with Crippen molar-refractivity contribution < 1.29 is 17.9 Å². The molecule has 0 radical (unpaired) electrons. The van der Waals surface area contributed by atoms with Gasteiger partial charge in [-0.3, -0.25) is 0 Å². The molecule has 6 nitrogen and oxygen atoms in total. The Morgan fingerprint density at radius 3 is 2.67 bits per heavy atom. The second-order valence-electron chi connectivity index (χ2n) is 6.31. The van der Waals surface area contributed by atoms with Gasteiger partial charge in [-0.25, -0.2) is 22.9 Å². The number of esters is 1. The van der Waals surface area contributed by atoms with E-state index in [0.29, 0.717) is 11.4 Å². The smallest absolute Gasteiger partial charge is 0.339 e. The first-order valence-corrected chi connectivity index (χ1v) is 11.9. The van der Waals surface area contributed by atoms with Gasteiger partial charge in [0.05, 0.1) is 28.3 Å². The molecule has 0 fully saturated rings. The number of thiazole rings is 1. The molecule has 0 aliphatic rings. The first kappa shape index (κ1) is 22.7. The van der Waals surface area contributed by atoms with Crippen molar-refractivity contribution in [2.24, 2.45) is 0 Å². The number of aryl methyl sites for hydroxylation is 1. The second-order valence-corrected chi connectivity index (χ2v) is 10.1. The molecule has 30 heavy (non-hydrogen) atoms. The number of hydrogen-bond acceptors (Lipinski definition) is 6. The topological polar surface area (TPSA) is 85.4 Å². The van der Waals surface area contributed by atoms with Crippen molar-refractivity contribution in [2.75, 3.05) is 13.7 Å². The van der Waals surface area contributed by atoms with E-state index in [1.165, 1.54) is 36.6 Å². The summed E-state index contributed by atoms with van der Waals surface area (Å²) >= 11 is 13.5. The monoisotopic (exact) mass is 484 g/mol. The number of nitrogens with one attached hydrogen (secondary N) is 1. The molecular formula is C20H18Cl2N2O4S2. The van der Waals surface area contributed by atoms with Gasteiger partial charge in [-0.05, 0) is 37.3 Å². The number of carbonyl (C=O) groups is 1. The number of rotatable bonds is 7. The Bertz CT molecular complexity index is 1190. The lowest BCUT2D eigenvalue weighted by molar-refractivity contribution is 0.0600. The van der Waals surface area contributed by atoms with Crippen LogP contribution in [0.2, 0.25) is 10.0 Å². The predicted octanol–water partition coefficient (Wildman–Crippen LogP) is 4.73. The van der Waals surface area contributed by atoms with E-state index in [9.17, 15) is 13.2 Å². The number of hydrogen-bond donors (Lipinski definition) is 1. The zero-order valence-electron chi connectivity index (χ0n) is 16.1. The van der Waals surface area contributed by atoms with Gasteiger partial charge in [0.15, 0.2) is 0 Å². The molecule has 0 amide bonds. The van der Waals surface area contributed by atoms with E-state index >= 15 is 0 Å². The Hall–Kier alpha value is -1.97. The minimum atomic E-state index is -3.83. The lowest BCUT2D eigenvalue weighted by Crippen LogP contribution is -2.26. The van der Waals surface area contributed by atoms with Crippen molar-refractivity contribution in [3.05, 3.63) is 68.6 Å². The van der Waals surface area contributed by atoms with Gasteiger partial charge < -0.3 is 4.74 Å². The van der Waals surface area contributed by atoms with Crippen LogP contribution in [0.15, 0.2) is 47.4 Å². The number of sulfonamides is 1. The highest BCUT2D eigenvalue weighted by molar-refractivity contribution is 7.89. The maximum absolute atomic E-state index is 12.6. The largest absolute Gasteiger partial charge is 0.465 e. The summed E-state index contributed by atoms with van der Waals surface area (Å²) in [6.45, 7) is 2.09. The molecule has 0 saturated heterocycles. The summed E-state index contributed by atoms with van der Waals surface area (Å²) in [6.07, 6.45) is 0.416. The SMILES string of the molecule is COC(=O)c1cc(S(=O)(=O)NCCc2nc(-c3cccc(Cl)c3)sc2C)ccc1Cl. The Morgan fingerprint density at radius 1 is 1.20 bits per heavy atom. The van der Waals surface area contributed by atoms with Crippen LogP contribution in [-0.2, 0) is 21.2 Å². The molecule has 0 aliphatic heterocycles. The van der Waals surface area contributed by atoms with E-state index in [-0.39, 0.29) is 22.0 Å². The highest BCUT2D eigenvalue weighted by Gasteiger charge is 2.19. The minimum absolute atomic E-state index is 0.0106. The number of halogens is 2. The molecule has 0 saturated carbocycles. The Balaban J connectivity index is 1.71. The summed E-state index contributed by atoms with van der Waals surface area (Å²) in [5.41, 5.74) is 1.71. The third kappa shape index (κ3) is 5.19. The molecule has 1 aromatic heterocycles.